The molecule has 0 atom stereocenters. The summed E-state index contributed by atoms with van der Waals surface area (Å²) in [6, 6.07) is 85.0. The number of fused-ring (bicyclic) bond motifs is 12. The number of rotatable bonds is 6. The van der Waals surface area contributed by atoms with Crippen molar-refractivity contribution in [2.45, 2.75) is 19.4 Å². The van der Waals surface area contributed by atoms with Gasteiger partial charge in [0.05, 0.1) is 38.6 Å². The van der Waals surface area contributed by atoms with Gasteiger partial charge in [0.1, 0.15) is 0 Å². The van der Waals surface area contributed by atoms with E-state index in [0.717, 1.165) is 17.1 Å². The van der Waals surface area contributed by atoms with E-state index in [1.807, 2.05) is 0 Å². The second-order valence-corrected chi connectivity index (χ2v) is 18.5. The molecule has 0 amide bonds. The van der Waals surface area contributed by atoms with Crippen LogP contribution in [0.5, 0.6) is 0 Å². The van der Waals surface area contributed by atoms with E-state index >= 15 is 0 Å². The molecule has 0 aliphatic carbocycles. The molecule has 0 aliphatic heterocycles. The van der Waals surface area contributed by atoms with Gasteiger partial charge in [-0.1, -0.05) is 127 Å². The van der Waals surface area contributed by atoms with Crippen LogP contribution in [0.25, 0.3) is 115 Å². The molecule has 0 unspecified atom stereocenters. The number of benzene rings is 10. The summed E-state index contributed by atoms with van der Waals surface area (Å²) in [7, 11) is 0. The van der Waals surface area contributed by atoms with Crippen molar-refractivity contribution in [2.75, 3.05) is 0 Å². The molecule has 0 fully saturated rings. The molecule has 4 heterocycles. The van der Waals surface area contributed by atoms with Gasteiger partial charge in [0.25, 0.3) is 0 Å². The summed E-state index contributed by atoms with van der Waals surface area (Å²) in [4.78, 5) is 0. The third kappa shape index (κ3) is 5.47. The minimum absolute atomic E-state index is 0.355. The van der Waals surface area contributed by atoms with E-state index in [9.17, 15) is 0 Å². The summed E-state index contributed by atoms with van der Waals surface area (Å²) >= 11 is 0. The van der Waals surface area contributed by atoms with Crippen LogP contribution in [0.3, 0.4) is 0 Å². The monoisotopic (exact) mass is 856 g/mol. The Bertz CT molecular complexity index is 4180. The highest BCUT2D eigenvalue weighted by atomic mass is 15.1. The fourth-order valence-electron chi connectivity index (χ4n) is 11.5. The molecular formula is C63H44N4. The van der Waals surface area contributed by atoms with E-state index in [-0.39, 0.29) is 5.54 Å². The Morgan fingerprint density at radius 1 is 0.254 bits per heavy atom. The van der Waals surface area contributed by atoms with Crippen molar-refractivity contribution in [1.82, 2.24) is 18.3 Å². The molecule has 4 heteroatoms. The van der Waals surface area contributed by atoms with Gasteiger partial charge in [-0.2, -0.15) is 0 Å². The molecule has 4 aromatic heterocycles. The van der Waals surface area contributed by atoms with Gasteiger partial charge in [0.2, 0.25) is 0 Å². The van der Waals surface area contributed by atoms with Crippen LogP contribution in [0.15, 0.2) is 231 Å². The van der Waals surface area contributed by atoms with E-state index in [0.29, 0.717) is 0 Å². The van der Waals surface area contributed by atoms with Gasteiger partial charge in [0, 0.05) is 71.2 Å². The lowest BCUT2D eigenvalue weighted by Gasteiger charge is -2.30. The van der Waals surface area contributed by atoms with Crippen LogP contribution in [0.1, 0.15) is 19.4 Å². The first-order chi connectivity index (χ1) is 33.0. The smallest absolute Gasteiger partial charge is 0.0647 e. The van der Waals surface area contributed by atoms with Crippen molar-refractivity contribution < 1.29 is 0 Å². The molecule has 316 valence electrons. The normalized spacial score (nSPS) is 12.3. The number of aromatic nitrogens is 4. The highest BCUT2D eigenvalue weighted by molar-refractivity contribution is 6.15. The fourth-order valence-corrected chi connectivity index (χ4v) is 11.5. The molecule has 4 nitrogen and oxygen atoms in total. The summed E-state index contributed by atoms with van der Waals surface area (Å²) in [6.07, 6.45) is 0. The molecule has 14 rings (SSSR count). The number of hydrogen-bond acceptors (Lipinski definition) is 0. The van der Waals surface area contributed by atoms with Gasteiger partial charge in [-0.05, 0) is 134 Å². The minimum Gasteiger partial charge on any atom is -0.331 e. The van der Waals surface area contributed by atoms with Gasteiger partial charge < -0.3 is 18.3 Å². The van der Waals surface area contributed by atoms with Gasteiger partial charge in [-0.25, -0.2) is 0 Å². The Morgan fingerprint density at radius 3 is 1.09 bits per heavy atom. The Balaban J connectivity index is 0.986. The maximum atomic E-state index is 2.54. The molecule has 0 bridgehead atoms. The predicted octanol–water partition coefficient (Wildman–Crippen LogP) is 16.5. The first kappa shape index (κ1) is 37.7. The van der Waals surface area contributed by atoms with Crippen LogP contribution in [-0.4, -0.2) is 18.3 Å². The summed E-state index contributed by atoms with van der Waals surface area (Å²) < 4.78 is 9.81. The molecule has 14 aromatic rings. The molecule has 10 aromatic carbocycles. The van der Waals surface area contributed by atoms with Crippen LogP contribution >= 0.6 is 0 Å². The zero-order valence-corrected chi connectivity index (χ0v) is 37.2. The van der Waals surface area contributed by atoms with Crippen LogP contribution in [0.4, 0.5) is 0 Å². The third-order valence-corrected chi connectivity index (χ3v) is 14.6. The lowest BCUT2D eigenvalue weighted by atomic mass is 9.91. The Labute approximate surface area is 387 Å². The molecular weight excluding hydrogens is 813 g/mol. The Hall–Kier alpha value is -8.60. The minimum atomic E-state index is -0.355. The van der Waals surface area contributed by atoms with Crippen LogP contribution in [0, 0.1) is 0 Å². The van der Waals surface area contributed by atoms with Gasteiger partial charge >= 0.3 is 0 Å². The number of hydrogen-bond donors (Lipinski definition) is 0. The van der Waals surface area contributed by atoms with Gasteiger partial charge in [-0.3, -0.25) is 0 Å². The summed E-state index contributed by atoms with van der Waals surface area (Å²) in [5.74, 6) is 0. The van der Waals surface area contributed by atoms with Crippen molar-refractivity contribution in [2.24, 2.45) is 0 Å². The van der Waals surface area contributed by atoms with E-state index in [1.54, 1.807) is 0 Å². The predicted molar refractivity (Wildman–Crippen MR) is 283 cm³/mol. The average molecular weight is 857 g/mol. The molecule has 0 saturated heterocycles. The maximum Gasteiger partial charge on any atom is 0.0647 e. The van der Waals surface area contributed by atoms with E-state index in [4.69, 9.17) is 0 Å². The lowest BCUT2D eigenvalue weighted by molar-refractivity contribution is 0.465. The number of para-hydroxylation sites is 6. The second kappa shape index (κ2) is 14.2. The van der Waals surface area contributed by atoms with E-state index in [2.05, 4.69) is 263 Å². The van der Waals surface area contributed by atoms with Crippen molar-refractivity contribution >= 4 is 87.2 Å². The standard InChI is InChI=1S/C63H44N4/c1-63(2,67-61-27-15-11-23-49(61)50-24-12-16-28-62(50)67)43-31-35-59-53(39-43)51-37-41(29-33-57(51)64(59)44-17-5-3-6-18-44)42-30-34-58-52(38-42)54-40-46(32-36-60(54)65(58)45-19-7-4-8-20-45)66-55-25-13-9-21-47(55)48-22-10-14-26-56(48)66/h3-40H,1-2H3. The van der Waals surface area contributed by atoms with Gasteiger partial charge in [0.15, 0.2) is 0 Å². The Kier molecular flexibility index (Phi) is 8.00. The molecule has 0 N–H and O–H groups in total. The molecule has 0 aliphatic rings. The second-order valence-electron chi connectivity index (χ2n) is 18.5. The van der Waals surface area contributed by atoms with Crippen LogP contribution in [0.2, 0.25) is 0 Å². The van der Waals surface area contributed by atoms with Crippen LogP contribution < -0.4 is 0 Å². The van der Waals surface area contributed by atoms with Crippen molar-refractivity contribution in [3.8, 4) is 28.2 Å². The third-order valence-electron chi connectivity index (χ3n) is 14.6. The topological polar surface area (TPSA) is 19.7 Å². The van der Waals surface area contributed by atoms with Gasteiger partial charge in [-0.15, -0.1) is 0 Å². The first-order valence-corrected chi connectivity index (χ1v) is 23.3. The SMILES string of the molecule is CC(C)(c1ccc2c(c1)c1cc(-c3ccc4c(c3)c3cc(-n5c6ccccc6c6ccccc65)ccc3n4-c3ccccc3)ccc1n2-c1ccccc1)n1c2ccccc2c2ccccc21. The van der Waals surface area contributed by atoms with Crippen LogP contribution in [-0.2, 0) is 5.54 Å². The molecule has 0 radical (unpaired) electrons. The largest absolute Gasteiger partial charge is 0.331 e. The van der Waals surface area contributed by atoms with Crippen molar-refractivity contribution in [1.29, 1.82) is 0 Å². The molecule has 0 saturated carbocycles. The van der Waals surface area contributed by atoms with E-state index < -0.39 is 0 Å². The highest BCUT2D eigenvalue weighted by Gasteiger charge is 2.28. The summed E-state index contributed by atoms with van der Waals surface area (Å²) in [6.45, 7) is 4.73. The Morgan fingerprint density at radius 2 is 0.597 bits per heavy atom. The zero-order chi connectivity index (χ0) is 44.4. The fraction of sp³-hybridized carbons (Fsp3) is 0.0476. The molecule has 67 heavy (non-hydrogen) atoms. The van der Waals surface area contributed by atoms with Crippen molar-refractivity contribution in [3.63, 3.8) is 0 Å². The lowest BCUT2D eigenvalue weighted by Crippen LogP contribution is -2.27. The first-order valence-electron chi connectivity index (χ1n) is 23.3. The average Bonchev–Trinajstić information content (AvgIpc) is 4.11. The zero-order valence-electron chi connectivity index (χ0n) is 37.2. The molecule has 0 spiro atoms. The van der Waals surface area contributed by atoms with Crippen molar-refractivity contribution in [3.05, 3.63) is 236 Å². The maximum absolute atomic E-state index is 2.54. The highest BCUT2D eigenvalue weighted by Crippen LogP contribution is 2.43. The summed E-state index contributed by atoms with van der Waals surface area (Å²) in [5, 5.41) is 10.0. The quantitative estimate of drug-likeness (QED) is 0.159. The summed E-state index contributed by atoms with van der Waals surface area (Å²) in [5.41, 5.74) is 16.4. The number of nitrogens with zero attached hydrogens (tertiary/aromatic N) is 4. The van der Waals surface area contributed by atoms with E-state index in [1.165, 1.54) is 104 Å².